The number of nitrogens with one attached hydrogen (secondary N) is 1. The summed E-state index contributed by atoms with van der Waals surface area (Å²) in [6.07, 6.45) is 7.32. The third-order valence-corrected chi connectivity index (χ3v) is 9.56. The van der Waals surface area contributed by atoms with Crippen LogP contribution in [0.25, 0.3) is 0 Å². The summed E-state index contributed by atoms with van der Waals surface area (Å²) >= 11 is 0. The minimum Gasteiger partial charge on any atom is -0.481 e. The van der Waals surface area contributed by atoms with E-state index < -0.39 is 12.3 Å². The number of carboxylic acid groups (broad SMARTS) is 1. The third kappa shape index (κ3) is 8.68. The smallest absolute Gasteiger partial charge is 0.303 e. The summed E-state index contributed by atoms with van der Waals surface area (Å²) < 4.78 is 13.3. The number of fused-ring (bicyclic) bond motifs is 2. The second kappa shape index (κ2) is 14.1. The second-order valence-corrected chi connectivity index (χ2v) is 14.5. The van der Waals surface area contributed by atoms with Crippen molar-refractivity contribution in [3.63, 3.8) is 0 Å². The number of hydrogen-bond donors (Lipinski definition) is 3. The Morgan fingerprint density at radius 1 is 0.955 bits per heavy atom. The number of anilines is 1. The summed E-state index contributed by atoms with van der Waals surface area (Å²) in [5.41, 5.74) is 4.22. The largest absolute Gasteiger partial charge is 0.481 e. The fraction of sp³-hybridized carbons (Fsp3) is 0.611. The number of carbonyl (C=O) groups excluding carboxylic acids is 1. The van der Waals surface area contributed by atoms with Crippen LogP contribution in [0.4, 0.5) is 5.69 Å². The molecular formula is C36H50N2O6. The number of carboxylic acids is 1. The average Bonchev–Trinajstić information content (AvgIpc) is 3.21. The molecule has 0 aromatic heterocycles. The zero-order valence-electron chi connectivity index (χ0n) is 26.6. The highest BCUT2D eigenvalue weighted by Gasteiger charge is 2.50. The van der Waals surface area contributed by atoms with Crippen molar-refractivity contribution in [1.82, 2.24) is 4.90 Å². The molecule has 2 bridgehead atoms. The van der Waals surface area contributed by atoms with Gasteiger partial charge in [0.05, 0.1) is 18.8 Å². The van der Waals surface area contributed by atoms with Gasteiger partial charge in [0.15, 0.2) is 6.29 Å². The molecule has 240 valence electrons. The second-order valence-electron chi connectivity index (χ2n) is 14.5. The van der Waals surface area contributed by atoms with Gasteiger partial charge in [-0.05, 0) is 66.2 Å². The van der Waals surface area contributed by atoms with Crippen LogP contribution in [0.1, 0.15) is 114 Å². The number of benzene rings is 2. The van der Waals surface area contributed by atoms with E-state index in [1.807, 2.05) is 48.5 Å². The molecule has 1 aliphatic carbocycles. The highest BCUT2D eigenvalue weighted by molar-refractivity contribution is 5.90. The summed E-state index contributed by atoms with van der Waals surface area (Å²) in [5.74, 6) is -0.829. The molecule has 44 heavy (non-hydrogen) atoms. The molecule has 2 heterocycles. The fourth-order valence-electron chi connectivity index (χ4n) is 7.99. The standard InChI is InChI=1S/C36H50N2O6/c1-35(2)19-29-20-36(3,23-35)24-38(29)21-30-18-31(26-15-13-25(22-39)14-16-26)44-34(43-30)27-9-8-10-28(17-27)37-32(40)11-6-4-5-7-12-33(41)42/h8-10,13-17,29-31,34,39H,4-7,11-12,18-24H2,1-3H3,(H,37,40)(H,41,42)/t29?,30-,31+,34+,36?/m0/s1. The van der Waals surface area contributed by atoms with Gasteiger partial charge in [-0.2, -0.15) is 0 Å². The number of amides is 1. The zero-order valence-corrected chi connectivity index (χ0v) is 26.6. The molecule has 2 aromatic rings. The number of aliphatic carboxylic acids is 1. The van der Waals surface area contributed by atoms with Crippen LogP contribution in [0.3, 0.4) is 0 Å². The molecule has 2 saturated heterocycles. The lowest BCUT2D eigenvalue weighted by molar-refractivity contribution is -0.253. The fourth-order valence-corrected chi connectivity index (χ4v) is 7.99. The van der Waals surface area contributed by atoms with E-state index in [0.717, 1.165) is 55.5 Å². The summed E-state index contributed by atoms with van der Waals surface area (Å²) in [5, 5.41) is 21.3. The number of ether oxygens (including phenoxy) is 2. The Morgan fingerprint density at radius 3 is 2.43 bits per heavy atom. The summed E-state index contributed by atoms with van der Waals surface area (Å²) in [4.78, 5) is 26.0. The van der Waals surface area contributed by atoms with E-state index >= 15 is 0 Å². The Kier molecular flexibility index (Phi) is 10.5. The molecule has 8 heteroatoms. The SMILES string of the molecule is CC1(C)CC2CC(C)(CN2C[C@@H]2C[C@H](c3ccc(CO)cc3)O[C@H](c3cccc(NC(=O)CCCCCCC(=O)O)c3)O2)C1. The molecule has 0 spiro atoms. The highest BCUT2D eigenvalue weighted by atomic mass is 16.7. The molecule has 5 atom stereocenters. The Hall–Kier alpha value is -2.78. The molecular weight excluding hydrogens is 556 g/mol. The van der Waals surface area contributed by atoms with Crippen LogP contribution in [-0.4, -0.2) is 52.2 Å². The first kappa shape index (κ1) is 32.6. The lowest BCUT2D eigenvalue weighted by Gasteiger charge is -2.41. The van der Waals surface area contributed by atoms with Crippen LogP contribution in [0, 0.1) is 10.8 Å². The van der Waals surface area contributed by atoms with Crippen LogP contribution in [0.2, 0.25) is 0 Å². The molecule has 3 aliphatic rings. The average molecular weight is 607 g/mol. The Morgan fingerprint density at radius 2 is 1.70 bits per heavy atom. The van der Waals surface area contributed by atoms with Crippen molar-refractivity contribution in [2.24, 2.45) is 10.8 Å². The molecule has 8 nitrogen and oxygen atoms in total. The van der Waals surface area contributed by atoms with Gasteiger partial charge in [-0.25, -0.2) is 0 Å². The topological polar surface area (TPSA) is 108 Å². The van der Waals surface area contributed by atoms with Gasteiger partial charge in [0.1, 0.15) is 0 Å². The lowest BCUT2D eigenvalue weighted by Crippen LogP contribution is -2.42. The predicted molar refractivity (Wildman–Crippen MR) is 170 cm³/mol. The Balaban J connectivity index is 1.26. The molecule has 3 fully saturated rings. The van der Waals surface area contributed by atoms with Gasteiger partial charge in [-0.15, -0.1) is 0 Å². The number of hydrogen-bond acceptors (Lipinski definition) is 6. The van der Waals surface area contributed by atoms with E-state index in [4.69, 9.17) is 14.6 Å². The number of likely N-dealkylation sites (tertiary alicyclic amines) is 1. The van der Waals surface area contributed by atoms with Crippen molar-refractivity contribution < 1.29 is 29.3 Å². The summed E-state index contributed by atoms with van der Waals surface area (Å²) in [6.45, 7) is 9.23. The van der Waals surface area contributed by atoms with Crippen LogP contribution in [0.5, 0.6) is 0 Å². The van der Waals surface area contributed by atoms with Crippen molar-refractivity contribution in [2.75, 3.05) is 18.4 Å². The number of rotatable bonds is 13. The van der Waals surface area contributed by atoms with E-state index in [1.54, 1.807) is 0 Å². The van der Waals surface area contributed by atoms with Gasteiger partial charge in [-0.3, -0.25) is 14.5 Å². The molecule has 2 unspecified atom stereocenters. The normalized spacial score (nSPS) is 28.1. The van der Waals surface area contributed by atoms with E-state index in [2.05, 4.69) is 31.0 Å². The van der Waals surface area contributed by atoms with Crippen LogP contribution >= 0.6 is 0 Å². The molecule has 3 N–H and O–H groups in total. The first-order valence-electron chi connectivity index (χ1n) is 16.4. The van der Waals surface area contributed by atoms with Gasteiger partial charge in [-0.1, -0.05) is 70.0 Å². The van der Waals surface area contributed by atoms with Crippen molar-refractivity contribution in [2.45, 2.75) is 116 Å². The quantitative estimate of drug-likeness (QED) is 0.211. The molecule has 1 saturated carbocycles. The minimum atomic E-state index is -0.775. The number of aliphatic hydroxyl groups excluding tert-OH is 1. The molecule has 2 aliphatic heterocycles. The maximum atomic E-state index is 12.6. The number of carbonyl (C=O) groups is 2. The van der Waals surface area contributed by atoms with Crippen molar-refractivity contribution >= 4 is 17.6 Å². The van der Waals surface area contributed by atoms with Gasteiger partial charge in [0.25, 0.3) is 0 Å². The zero-order chi connectivity index (χ0) is 31.3. The highest BCUT2D eigenvalue weighted by Crippen LogP contribution is 2.53. The molecule has 0 radical (unpaired) electrons. The Bertz CT molecular complexity index is 1280. The van der Waals surface area contributed by atoms with Gasteiger partial charge in [0.2, 0.25) is 5.91 Å². The minimum absolute atomic E-state index is 0.00879. The van der Waals surface area contributed by atoms with E-state index in [9.17, 15) is 14.7 Å². The first-order valence-corrected chi connectivity index (χ1v) is 16.4. The van der Waals surface area contributed by atoms with Crippen LogP contribution in [0.15, 0.2) is 48.5 Å². The molecule has 2 aromatic carbocycles. The van der Waals surface area contributed by atoms with Crippen LogP contribution < -0.4 is 5.32 Å². The molecule has 5 rings (SSSR count). The number of unbranched alkanes of at least 4 members (excludes halogenated alkanes) is 3. The molecule has 1 amide bonds. The van der Waals surface area contributed by atoms with E-state index in [-0.39, 0.29) is 31.1 Å². The maximum Gasteiger partial charge on any atom is 0.303 e. The lowest BCUT2D eigenvalue weighted by atomic mass is 9.65. The third-order valence-electron chi connectivity index (χ3n) is 9.56. The summed E-state index contributed by atoms with van der Waals surface area (Å²) in [6, 6.07) is 16.3. The van der Waals surface area contributed by atoms with Gasteiger partial charge >= 0.3 is 5.97 Å². The van der Waals surface area contributed by atoms with Crippen molar-refractivity contribution in [3.05, 3.63) is 65.2 Å². The number of aliphatic hydroxyl groups is 1. The van der Waals surface area contributed by atoms with Crippen molar-refractivity contribution in [1.29, 1.82) is 0 Å². The maximum absolute atomic E-state index is 12.6. The first-order chi connectivity index (χ1) is 21.0. The number of nitrogens with zero attached hydrogens (tertiary/aromatic N) is 1. The van der Waals surface area contributed by atoms with Gasteiger partial charge < -0.3 is 25.0 Å². The monoisotopic (exact) mass is 606 g/mol. The summed E-state index contributed by atoms with van der Waals surface area (Å²) in [7, 11) is 0. The van der Waals surface area contributed by atoms with Crippen LogP contribution in [-0.2, 0) is 25.7 Å². The van der Waals surface area contributed by atoms with Gasteiger partial charge in [0, 0.05) is 49.6 Å². The Labute approximate surface area is 262 Å². The van der Waals surface area contributed by atoms with Crippen molar-refractivity contribution in [3.8, 4) is 0 Å². The van der Waals surface area contributed by atoms with E-state index in [0.29, 0.717) is 35.4 Å². The van der Waals surface area contributed by atoms with E-state index in [1.165, 1.54) is 19.3 Å². The predicted octanol–water partition coefficient (Wildman–Crippen LogP) is 6.99.